The van der Waals surface area contributed by atoms with Gasteiger partial charge in [0.2, 0.25) is 5.91 Å². The van der Waals surface area contributed by atoms with Crippen LogP contribution in [0.25, 0.3) is 6.08 Å². The second kappa shape index (κ2) is 12.9. The zero-order chi connectivity index (χ0) is 25.1. The summed E-state index contributed by atoms with van der Waals surface area (Å²) in [5, 5.41) is 7.40. The molecule has 0 aliphatic rings. The predicted molar refractivity (Wildman–Crippen MR) is 131 cm³/mol. The largest absolute Gasteiger partial charge is 0.466 e. The van der Waals surface area contributed by atoms with Crippen molar-refractivity contribution >= 4 is 29.8 Å². The van der Waals surface area contributed by atoms with Crippen LogP contribution in [-0.4, -0.2) is 48.3 Å². The Morgan fingerprint density at radius 3 is 2.15 bits per heavy atom. The van der Waals surface area contributed by atoms with E-state index in [1.807, 2.05) is 6.92 Å². The van der Waals surface area contributed by atoms with E-state index in [4.69, 9.17) is 20.6 Å². The summed E-state index contributed by atoms with van der Waals surface area (Å²) in [6.07, 6.45) is 2.67. The van der Waals surface area contributed by atoms with E-state index in [0.29, 0.717) is 42.1 Å². The summed E-state index contributed by atoms with van der Waals surface area (Å²) in [7, 11) is 0. The Hall–Kier alpha value is -3.94. The van der Waals surface area contributed by atoms with Gasteiger partial charge in [-0.25, -0.2) is 4.79 Å². The average Bonchev–Trinajstić information content (AvgIpc) is 2.82. The number of carbonyl (C=O) groups excluding carboxylic acids is 3. The molecule has 8 nitrogen and oxygen atoms in total. The molecule has 180 valence electrons. The van der Waals surface area contributed by atoms with Crippen molar-refractivity contribution in [2.24, 2.45) is 5.73 Å². The second-order valence-electron chi connectivity index (χ2n) is 7.62. The zero-order valence-electron chi connectivity index (χ0n) is 19.8. The third kappa shape index (κ3) is 7.88. The van der Waals surface area contributed by atoms with Crippen LogP contribution < -0.4 is 10.5 Å². The van der Waals surface area contributed by atoms with Gasteiger partial charge in [-0.1, -0.05) is 19.1 Å². The number of nitrogens with one attached hydrogen (secondary N) is 1. The molecule has 0 aromatic heterocycles. The number of rotatable bonds is 11. The third-order valence-corrected chi connectivity index (χ3v) is 4.91. The molecular weight excluding hydrogens is 434 g/mol. The fourth-order valence-electron chi connectivity index (χ4n) is 3.19. The molecular formula is C26H31N3O5. The van der Waals surface area contributed by atoms with Crippen molar-refractivity contribution in [1.29, 1.82) is 5.41 Å². The van der Waals surface area contributed by atoms with E-state index >= 15 is 0 Å². The highest BCUT2D eigenvalue weighted by Crippen LogP contribution is 2.16. The van der Waals surface area contributed by atoms with Gasteiger partial charge in [-0.15, -0.1) is 0 Å². The normalized spacial score (nSPS) is 11.0. The molecule has 0 fully saturated rings. The van der Waals surface area contributed by atoms with Crippen molar-refractivity contribution in [2.75, 3.05) is 19.7 Å². The molecule has 34 heavy (non-hydrogen) atoms. The number of esters is 2. The number of carbonyl (C=O) groups is 3. The first-order valence-electron chi connectivity index (χ1n) is 11.1. The van der Waals surface area contributed by atoms with Crippen LogP contribution >= 0.6 is 0 Å². The summed E-state index contributed by atoms with van der Waals surface area (Å²) in [6, 6.07) is 13.1. The Morgan fingerprint density at radius 1 is 0.971 bits per heavy atom. The minimum Gasteiger partial charge on any atom is -0.466 e. The third-order valence-electron chi connectivity index (χ3n) is 4.91. The van der Waals surface area contributed by atoms with Crippen molar-refractivity contribution in [2.45, 2.75) is 33.6 Å². The Morgan fingerprint density at radius 2 is 1.59 bits per heavy atom. The van der Waals surface area contributed by atoms with Crippen LogP contribution in [0.4, 0.5) is 0 Å². The summed E-state index contributed by atoms with van der Waals surface area (Å²) >= 11 is 0. The monoisotopic (exact) mass is 465 g/mol. The van der Waals surface area contributed by atoms with E-state index in [1.165, 1.54) is 0 Å². The van der Waals surface area contributed by atoms with Crippen molar-refractivity contribution < 1.29 is 23.9 Å². The van der Waals surface area contributed by atoms with Gasteiger partial charge < -0.3 is 20.1 Å². The molecule has 0 spiro atoms. The molecule has 2 rings (SSSR count). The number of nitrogen functional groups attached to an aromatic ring is 1. The molecule has 0 radical (unpaired) electrons. The molecule has 1 amide bonds. The first-order valence-corrected chi connectivity index (χ1v) is 11.1. The SMILES string of the molecule is CCCN(CCC(=O)OCC)C(=O)/C(C)=C/c1ccc(C(=O)Oc2ccc(C(=N)N)cc2)cc1. The molecule has 0 atom stereocenters. The highest BCUT2D eigenvalue weighted by Gasteiger charge is 2.16. The maximum atomic E-state index is 12.9. The van der Waals surface area contributed by atoms with Crippen LogP contribution in [0.2, 0.25) is 0 Å². The molecule has 0 aliphatic carbocycles. The van der Waals surface area contributed by atoms with Crippen LogP contribution in [0.5, 0.6) is 5.75 Å². The van der Waals surface area contributed by atoms with Gasteiger partial charge in [-0.3, -0.25) is 15.0 Å². The standard InChI is InChI=1S/C26H31N3O5/c1-4-15-29(16-14-23(30)33-5-2)25(31)18(3)17-19-6-8-21(9-7-19)26(32)34-22-12-10-20(11-13-22)24(27)28/h6-13,17H,4-5,14-16H2,1-3H3,(H3,27,28)/b18-17+. The topological polar surface area (TPSA) is 123 Å². The lowest BCUT2D eigenvalue weighted by molar-refractivity contribution is -0.143. The number of benzene rings is 2. The summed E-state index contributed by atoms with van der Waals surface area (Å²) in [5.74, 6) is -0.711. The van der Waals surface area contributed by atoms with Gasteiger partial charge in [0.15, 0.2) is 0 Å². The average molecular weight is 466 g/mol. The Kier molecular flexibility index (Phi) is 10.0. The maximum Gasteiger partial charge on any atom is 0.343 e. The number of hydrogen-bond donors (Lipinski definition) is 2. The molecule has 0 unspecified atom stereocenters. The van der Waals surface area contributed by atoms with Gasteiger partial charge in [0.1, 0.15) is 11.6 Å². The van der Waals surface area contributed by atoms with Gasteiger partial charge in [0.25, 0.3) is 0 Å². The molecule has 0 aliphatic heterocycles. The Bertz CT molecular complexity index is 1040. The minimum atomic E-state index is -0.521. The first-order chi connectivity index (χ1) is 16.2. The van der Waals surface area contributed by atoms with E-state index in [1.54, 1.807) is 73.4 Å². The second-order valence-corrected chi connectivity index (χ2v) is 7.62. The maximum absolute atomic E-state index is 12.9. The smallest absolute Gasteiger partial charge is 0.343 e. The van der Waals surface area contributed by atoms with Crippen LogP contribution in [0, 0.1) is 5.41 Å². The summed E-state index contributed by atoms with van der Waals surface area (Å²) in [4.78, 5) is 38.6. The lowest BCUT2D eigenvalue weighted by atomic mass is 10.1. The van der Waals surface area contributed by atoms with Crippen molar-refractivity contribution in [3.8, 4) is 5.75 Å². The Balaban J connectivity index is 2.03. The quantitative estimate of drug-likeness (QED) is 0.171. The number of nitrogens with zero attached hydrogens (tertiary/aromatic N) is 1. The lowest BCUT2D eigenvalue weighted by Crippen LogP contribution is -2.34. The zero-order valence-corrected chi connectivity index (χ0v) is 19.8. The van der Waals surface area contributed by atoms with E-state index in [9.17, 15) is 14.4 Å². The minimum absolute atomic E-state index is 0.0629. The van der Waals surface area contributed by atoms with Crippen LogP contribution in [0.3, 0.4) is 0 Å². The fraction of sp³-hybridized carbons (Fsp3) is 0.308. The van der Waals surface area contributed by atoms with E-state index in [0.717, 1.165) is 12.0 Å². The Labute approximate surface area is 199 Å². The van der Waals surface area contributed by atoms with Gasteiger partial charge >= 0.3 is 11.9 Å². The molecule has 3 N–H and O–H groups in total. The van der Waals surface area contributed by atoms with Crippen molar-refractivity contribution in [3.05, 3.63) is 70.8 Å². The number of nitrogens with two attached hydrogens (primary N) is 1. The van der Waals surface area contributed by atoms with Gasteiger partial charge in [-0.05, 0) is 68.3 Å². The van der Waals surface area contributed by atoms with Crippen LogP contribution in [0.15, 0.2) is 54.1 Å². The summed E-state index contributed by atoms with van der Waals surface area (Å²) in [6.45, 7) is 6.60. The van der Waals surface area contributed by atoms with Crippen molar-refractivity contribution in [3.63, 3.8) is 0 Å². The summed E-state index contributed by atoms with van der Waals surface area (Å²) < 4.78 is 10.3. The van der Waals surface area contributed by atoms with Crippen molar-refractivity contribution in [1.82, 2.24) is 4.90 Å². The fourth-order valence-corrected chi connectivity index (χ4v) is 3.19. The van der Waals surface area contributed by atoms with Gasteiger partial charge in [-0.2, -0.15) is 0 Å². The molecule has 0 bridgehead atoms. The molecule has 2 aromatic rings. The highest BCUT2D eigenvalue weighted by atomic mass is 16.5. The molecule has 2 aromatic carbocycles. The predicted octanol–water partition coefficient (Wildman–Crippen LogP) is 3.78. The van der Waals surface area contributed by atoms with Crippen LogP contribution in [-0.2, 0) is 14.3 Å². The van der Waals surface area contributed by atoms with E-state index < -0.39 is 5.97 Å². The number of amides is 1. The molecule has 0 saturated carbocycles. The lowest BCUT2D eigenvalue weighted by Gasteiger charge is -2.22. The summed E-state index contributed by atoms with van der Waals surface area (Å²) in [5.41, 5.74) is 7.61. The van der Waals surface area contributed by atoms with Crippen LogP contribution in [0.1, 0.15) is 55.1 Å². The molecule has 0 heterocycles. The molecule has 8 heteroatoms. The van der Waals surface area contributed by atoms with E-state index in [2.05, 4.69) is 0 Å². The van der Waals surface area contributed by atoms with E-state index in [-0.39, 0.29) is 24.1 Å². The molecule has 0 saturated heterocycles. The number of amidine groups is 1. The number of hydrogen-bond acceptors (Lipinski definition) is 6. The number of ether oxygens (including phenoxy) is 2. The first kappa shape index (κ1) is 26.3. The van der Waals surface area contributed by atoms with Gasteiger partial charge in [0, 0.05) is 24.2 Å². The van der Waals surface area contributed by atoms with Gasteiger partial charge in [0.05, 0.1) is 18.6 Å². The highest BCUT2D eigenvalue weighted by molar-refractivity contribution is 5.98.